The van der Waals surface area contributed by atoms with Crippen molar-refractivity contribution in [2.24, 2.45) is 0 Å². The number of hydrogen-bond donors (Lipinski definition) is 2. The first-order valence-corrected chi connectivity index (χ1v) is 8.21. The summed E-state index contributed by atoms with van der Waals surface area (Å²) < 4.78 is 19.1. The van der Waals surface area contributed by atoms with Crippen LogP contribution < -0.4 is 10.9 Å². The third-order valence-corrected chi connectivity index (χ3v) is 4.55. The van der Waals surface area contributed by atoms with Crippen molar-refractivity contribution in [3.8, 4) is 0 Å². The number of rotatable bonds is 4. The number of anilines is 1. The number of benzene rings is 2. The van der Waals surface area contributed by atoms with Gasteiger partial charge in [0.25, 0.3) is 5.56 Å². The molecule has 1 heterocycles. The lowest BCUT2D eigenvalue weighted by molar-refractivity contribution is 0.0600. The Balaban J connectivity index is 2.14. The monoisotopic (exact) mass is 404 g/mol. The zero-order chi connectivity index (χ0) is 18.0. The number of halogens is 2. The minimum atomic E-state index is -0.762. The van der Waals surface area contributed by atoms with E-state index >= 15 is 0 Å². The number of aromatic amines is 1. The Kier molecular flexibility index (Phi) is 4.85. The molecule has 0 atom stereocenters. The van der Waals surface area contributed by atoms with Gasteiger partial charge in [0.2, 0.25) is 0 Å². The molecule has 0 bridgehead atoms. The summed E-state index contributed by atoms with van der Waals surface area (Å²) in [5.74, 6) is -1.24. The number of ether oxygens (including phenoxy) is 1. The summed E-state index contributed by atoms with van der Waals surface area (Å²) in [6.45, 7) is 0.362. The fourth-order valence-electron chi connectivity index (χ4n) is 2.58. The van der Waals surface area contributed by atoms with Crippen molar-refractivity contribution >= 4 is 38.5 Å². The third kappa shape index (κ3) is 3.41. The van der Waals surface area contributed by atoms with Crippen molar-refractivity contribution in [1.82, 2.24) is 4.98 Å². The number of H-pyrrole nitrogens is 1. The van der Waals surface area contributed by atoms with Crippen LogP contribution in [0.25, 0.3) is 10.9 Å². The fourth-order valence-corrected chi connectivity index (χ4v) is 3.00. The van der Waals surface area contributed by atoms with Gasteiger partial charge in [-0.15, -0.1) is 0 Å². The van der Waals surface area contributed by atoms with Crippen LogP contribution in [0.3, 0.4) is 0 Å². The van der Waals surface area contributed by atoms with Crippen LogP contribution in [0.15, 0.2) is 51.7 Å². The number of esters is 1. The quantitative estimate of drug-likeness (QED) is 0.648. The van der Waals surface area contributed by atoms with Gasteiger partial charge in [-0.05, 0) is 29.8 Å². The molecule has 0 aliphatic heterocycles. The van der Waals surface area contributed by atoms with E-state index in [-0.39, 0.29) is 5.56 Å². The topological polar surface area (TPSA) is 71.2 Å². The van der Waals surface area contributed by atoms with Crippen molar-refractivity contribution in [3.63, 3.8) is 0 Å². The van der Waals surface area contributed by atoms with Gasteiger partial charge in [0.1, 0.15) is 11.4 Å². The maximum absolute atomic E-state index is 13.5. The highest BCUT2D eigenvalue weighted by Crippen LogP contribution is 2.26. The van der Waals surface area contributed by atoms with Gasteiger partial charge in [-0.25, -0.2) is 9.18 Å². The van der Waals surface area contributed by atoms with E-state index < -0.39 is 17.3 Å². The van der Waals surface area contributed by atoms with Crippen molar-refractivity contribution < 1.29 is 13.9 Å². The molecule has 0 aliphatic carbocycles. The molecule has 2 aromatic carbocycles. The molecule has 1 aromatic heterocycles. The van der Waals surface area contributed by atoms with Gasteiger partial charge in [0, 0.05) is 16.4 Å². The molecule has 3 aromatic rings. The predicted molar refractivity (Wildman–Crippen MR) is 97.3 cm³/mol. The Morgan fingerprint density at radius 3 is 2.76 bits per heavy atom. The molecule has 7 heteroatoms. The second-order valence-corrected chi connectivity index (χ2v) is 6.18. The molecule has 0 radical (unpaired) electrons. The van der Waals surface area contributed by atoms with Crippen LogP contribution in [0, 0.1) is 5.82 Å². The van der Waals surface area contributed by atoms with Crippen molar-refractivity contribution in [3.05, 3.63) is 74.2 Å². The Morgan fingerprint density at radius 2 is 2.04 bits per heavy atom. The fraction of sp³-hybridized carbons (Fsp3) is 0.111. The number of carbonyl (C=O) groups excluding carboxylic acids is 1. The third-order valence-electron chi connectivity index (χ3n) is 3.78. The van der Waals surface area contributed by atoms with Gasteiger partial charge in [0.15, 0.2) is 0 Å². The van der Waals surface area contributed by atoms with Crippen LogP contribution in [-0.4, -0.2) is 18.1 Å². The largest absolute Gasteiger partial charge is 0.465 e. The summed E-state index contributed by atoms with van der Waals surface area (Å²) >= 11 is 3.46. The van der Waals surface area contributed by atoms with Gasteiger partial charge in [-0.3, -0.25) is 4.79 Å². The highest BCUT2D eigenvalue weighted by molar-refractivity contribution is 9.10. The molecule has 0 spiro atoms. The lowest BCUT2D eigenvalue weighted by Gasteiger charge is -2.14. The molecule has 25 heavy (non-hydrogen) atoms. The molecule has 0 saturated carbocycles. The number of fused-ring (bicyclic) bond motifs is 1. The molecule has 0 unspecified atom stereocenters. The van der Waals surface area contributed by atoms with Gasteiger partial charge < -0.3 is 15.0 Å². The molecule has 0 aliphatic rings. The Bertz CT molecular complexity index is 1020. The predicted octanol–water partition coefficient (Wildman–Crippen LogP) is 3.83. The van der Waals surface area contributed by atoms with Crippen molar-refractivity contribution in [1.29, 1.82) is 0 Å². The smallest absolute Gasteiger partial charge is 0.345 e. The molecule has 3 rings (SSSR count). The summed E-state index contributed by atoms with van der Waals surface area (Å²) in [6.07, 6.45) is 0. The first-order chi connectivity index (χ1) is 12.0. The van der Waals surface area contributed by atoms with E-state index in [4.69, 9.17) is 4.74 Å². The van der Waals surface area contributed by atoms with Gasteiger partial charge in [-0.2, -0.15) is 0 Å². The summed E-state index contributed by atoms with van der Waals surface area (Å²) in [6, 6.07) is 11.6. The number of nitrogens with one attached hydrogen (secondary N) is 2. The summed E-state index contributed by atoms with van der Waals surface area (Å²) in [7, 11) is 1.20. The van der Waals surface area contributed by atoms with Crippen molar-refractivity contribution in [2.75, 3.05) is 12.4 Å². The van der Waals surface area contributed by atoms with E-state index in [1.54, 1.807) is 0 Å². The average molecular weight is 405 g/mol. The average Bonchev–Trinajstić information content (AvgIpc) is 2.59. The van der Waals surface area contributed by atoms with E-state index in [0.29, 0.717) is 23.1 Å². The normalized spacial score (nSPS) is 10.7. The second-order valence-electron chi connectivity index (χ2n) is 5.33. The lowest BCUT2D eigenvalue weighted by Crippen LogP contribution is -2.22. The number of hydrogen-bond acceptors (Lipinski definition) is 4. The number of carbonyl (C=O) groups is 1. The van der Waals surface area contributed by atoms with E-state index in [0.717, 1.165) is 10.0 Å². The standard InChI is InChI=1S/C18H14BrFN2O3/c1-25-18(24)15-16(21-9-10-4-2-3-5-13(10)19)12-7-6-11(20)8-14(12)22-17(15)23/h2-8H,9H2,1H3,(H2,21,22,23). The molecular formula is C18H14BrFN2O3. The maximum atomic E-state index is 13.5. The maximum Gasteiger partial charge on any atom is 0.345 e. The van der Waals surface area contributed by atoms with E-state index in [2.05, 4.69) is 26.2 Å². The first-order valence-electron chi connectivity index (χ1n) is 7.42. The Hall–Kier alpha value is -2.67. The van der Waals surface area contributed by atoms with Crippen molar-refractivity contribution in [2.45, 2.75) is 6.54 Å². The zero-order valence-electron chi connectivity index (χ0n) is 13.2. The van der Waals surface area contributed by atoms with Gasteiger partial charge in [-0.1, -0.05) is 34.1 Å². The molecule has 0 saturated heterocycles. The summed E-state index contributed by atoms with van der Waals surface area (Å²) in [5.41, 5.74) is 0.760. The van der Waals surface area contributed by atoms with Crippen LogP contribution in [0.1, 0.15) is 15.9 Å². The molecular weight excluding hydrogens is 391 g/mol. The second kappa shape index (κ2) is 7.06. The Morgan fingerprint density at radius 1 is 1.28 bits per heavy atom. The van der Waals surface area contributed by atoms with Crippen LogP contribution >= 0.6 is 15.9 Å². The number of methoxy groups -OCH3 is 1. The summed E-state index contributed by atoms with van der Waals surface area (Å²) in [5, 5.41) is 3.64. The molecule has 0 fully saturated rings. The summed E-state index contributed by atoms with van der Waals surface area (Å²) in [4.78, 5) is 26.9. The van der Waals surface area contributed by atoms with Crippen LogP contribution in [0.4, 0.5) is 10.1 Å². The molecule has 0 amide bonds. The first kappa shape index (κ1) is 17.2. The molecule has 128 valence electrons. The highest BCUT2D eigenvalue weighted by Gasteiger charge is 2.20. The van der Waals surface area contributed by atoms with Crippen LogP contribution in [0.5, 0.6) is 0 Å². The number of pyridine rings is 1. The van der Waals surface area contributed by atoms with Crippen LogP contribution in [-0.2, 0) is 11.3 Å². The molecule has 2 N–H and O–H groups in total. The minimum absolute atomic E-state index is 0.145. The zero-order valence-corrected chi connectivity index (χ0v) is 14.8. The van der Waals surface area contributed by atoms with E-state index in [1.165, 1.54) is 25.3 Å². The minimum Gasteiger partial charge on any atom is -0.465 e. The molecule has 5 nitrogen and oxygen atoms in total. The van der Waals surface area contributed by atoms with Gasteiger partial charge in [0.05, 0.1) is 18.3 Å². The number of aromatic nitrogens is 1. The van der Waals surface area contributed by atoms with Gasteiger partial charge >= 0.3 is 5.97 Å². The van der Waals surface area contributed by atoms with Crippen LogP contribution in [0.2, 0.25) is 0 Å². The Labute approximate surface area is 151 Å². The highest BCUT2D eigenvalue weighted by atomic mass is 79.9. The lowest BCUT2D eigenvalue weighted by atomic mass is 10.1. The van der Waals surface area contributed by atoms with E-state index in [9.17, 15) is 14.0 Å². The SMILES string of the molecule is COC(=O)c1c(NCc2ccccc2Br)c2ccc(F)cc2[nH]c1=O. The van der Waals surface area contributed by atoms with E-state index in [1.807, 2.05) is 24.3 Å².